The quantitative estimate of drug-likeness (QED) is 0.566. The topological polar surface area (TPSA) is 126 Å². The Hall–Kier alpha value is -2.65. The lowest BCUT2D eigenvalue weighted by Gasteiger charge is -2.12. The summed E-state index contributed by atoms with van der Waals surface area (Å²) in [5.74, 6) is -1.58. The van der Waals surface area contributed by atoms with Crippen molar-refractivity contribution in [2.24, 2.45) is 5.92 Å². The number of furan rings is 1. The van der Waals surface area contributed by atoms with E-state index in [1.54, 1.807) is 12.1 Å². The Morgan fingerprint density at radius 2 is 1.89 bits per heavy atom. The van der Waals surface area contributed by atoms with E-state index in [9.17, 15) is 18.0 Å². The Labute approximate surface area is 157 Å². The van der Waals surface area contributed by atoms with E-state index >= 15 is 0 Å². The minimum Gasteiger partial charge on any atom is -0.481 e. The minimum atomic E-state index is -3.74. The number of benzene rings is 1. The average molecular weight is 394 g/mol. The number of sulfonamides is 1. The molecule has 1 heterocycles. The molecule has 27 heavy (non-hydrogen) atoms. The molecule has 0 aliphatic rings. The van der Waals surface area contributed by atoms with Crippen LogP contribution in [0.1, 0.15) is 35.9 Å². The molecule has 1 aromatic carbocycles. The molecule has 0 fully saturated rings. The molecule has 0 spiro atoms. The summed E-state index contributed by atoms with van der Waals surface area (Å²) in [5, 5.41) is 11.7. The van der Waals surface area contributed by atoms with Crippen LogP contribution in [0.15, 0.2) is 52.0 Å². The summed E-state index contributed by atoms with van der Waals surface area (Å²) >= 11 is 0. The zero-order valence-electron chi connectivity index (χ0n) is 14.8. The van der Waals surface area contributed by atoms with Crippen LogP contribution < -0.4 is 10.0 Å². The Morgan fingerprint density at radius 3 is 2.44 bits per heavy atom. The van der Waals surface area contributed by atoms with Crippen LogP contribution in [0.5, 0.6) is 0 Å². The second-order valence-electron chi connectivity index (χ2n) is 5.96. The van der Waals surface area contributed by atoms with Crippen LogP contribution in [0.25, 0.3) is 0 Å². The van der Waals surface area contributed by atoms with Crippen LogP contribution in [0.4, 0.5) is 0 Å². The molecule has 0 saturated carbocycles. The predicted molar refractivity (Wildman–Crippen MR) is 97.5 cm³/mol. The first kappa shape index (κ1) is 20.7. The molecule has 146 valence electrons. The second kappa shape index (κ2) is 9.33. The third-order valence-electron chi connectivity index (χ3n) is 3.94. The van der Waals surface area contributed by atoms with Gasteiger partial charge in [0, 0.05) is 12.1 Å². The molecule has 0 aliphatic carbocycles. The van der Waals surface area contributed by atoms with Gasteiger partial charge in [0.25, 0.3) is 5.91 Å². The van der Waals surface area contributed by atoms with E-state index in [2.05, 4.69) is 10.0 Å². The minimum absolute atomic E-state index is 0.0139. The van der Waals surface area contributed by atoms with Gasteiger partial charge in [-0.05, 0) is 42.8 Å². The first-order chi connectivity index (χ1) is 12.8. The number of amides is 1. The Kier molecular flexibility index (Phi) is 7.14. The van der Waals surface area contributed by atoms with Crippen LogP contribution in [0.2, 0.25) is 0 Å². The molecule has 2 rings (SSSR count). The molecule has 1 unspecified atom stereocenters. The van der Waals surface area contributed by atoms with Crippen LogP contribution in [-0.2, 0) is 21.4 Å². The smallest absolute Gasteiger partial charge is 0.308 e. The number of carbonyl (C=O) groups is 2. The maximum atomic E-state index is 12.3. The van der Waals surface area contributed by atoms with Crippen molar-refractivity contribution in [3.63, 3.8) is 0 Å². The molecule has 1 amide bonds. The lowest BCUT2D eigenvalue weighted by atomic mass is 10.0. The molecule has 0 saturated heterocycles. The van der Waals surface area contributed by atoms with Gasteiger partial charge in [0.05, 0.1) is 23.6 Å². The number of rotatable bonds is 10. The molecule has 8 nitrogen and oxygen atoms in total. The Morgan fingerprint density at radius 1 is 1.19 bits per heavy atom. The highest BCUT2D eigenvalue weighted by Gasteiger charge is 2.19. The van der Waals surface area contributed by atoms with Gasteiger partial charge in [-0.15, -0.1) is 0 Å². The fraction of sp³-hybridized carbons (Fsp3) is 0.333. The number of aliphatic carboxylic acids is 1. The summed E-state index contributed by atoms with van der Waals surface area (Å²) < 4.78 is 32.0. The lowest BCUT2D eigenvalue weighted by molar-refractivity contribution is -0.141. The fourth-order valence-corrected chi connectivity index (χ4v) is 3.42. The van der Waals surface area contributed by atoms with Crippen molar-refractivity contribution in [2.45, 2.75) is 31.2 Å². The molecule has 1 atom stereocenters. The molecule has 0 bridgehead atoms. The van der Waals surface area contributed by atoms with Crippen molar-refractivity contribution in [3.8, 4) is 0 Å². The zero-order chi connectivity index (χ0) is 19.9. The summed E-state index contributed by atoms with van der Waals surface area (Å²) in [7, 11) is -3.74. The maximum absolute atomic E-state index is 12.3. The average Bonchev–Trinajstić information content (AvgIpc) is 3.17. The summed E-state index contributed by atoms with van der Waals surface area (Å²) in [4.78, 5) is 23.3. The first-order valence-corrected chi connectivity index (χ1v) is 9.95. The van der Waals surface area contributed by atoms with Gasteiger partial charge in [0.15, 0.2) is 0 Å². The van der Waals surface area contributed by atoms with Gasteiger partial charge in [-0.1, -0.05) is 13.3 Å². The van der Waals surface area contributed by atoms with Gasteiger partial charge in [0.2, 0.25) is 10.0 Å². The van der Waals surface area contributed by atoms with Gasteiger partial charge < -0.3 is 14.8 Å². The second-order valence-corrected chi connectivity index (χ2v) is 7.73. The summed E-state index contributed by atoms with van der Waals surface area (Å²) in [6, 6.07) is 8.71. The van der Waals surface area contributed by atoms with Gasteiger partial charge >= 0.3 is 5.97 Å². The van der Waals surface area contributed by atoms with Gasteiger partial charge in [0.1, 0.15) is 5.76 Å². The lowest BCUT2D eigenvalue weighted by Crippen LogP contribution is -2.33. The van der Waals surface area contributed by atoms with Crippen LogP contribution in [0, 0.1) is 5.92 Å². The van der Waals surface area contributed by atoms with Crippen molar-refractivity contribution >= 4 is 21.9 Å². The molecule has 3 N–H and O–H groups in total. The monoisotopic (exact) mass is 394 g/mol. The third-order valence-corrected chi connectivity index (χ3v) is 5.36. The highest BCUT2D eigenvalue weighted by molar-refractivity contribution is 7.89. The van der Waals surface area contributed by atoms with Gasteiger partial charge in [-0.25, -0.2) is 13.1 Å². The van der Waals surface area contributed by atoms with E-state index in [0.29, 0.717) is 18.6 Å². The summed E-state index contributed by atoms with van der Waals surface area (Å²) in [6.45, 7) is 1.91. The zero-order valence-corrected chi connectivity index (χ0v) is 15.7. The largest absolute Gasteiger partial charge is 0.481 e. The van der Waals surface area contributed by atoms with Crippen molar-refractivity contribution in [1.29, 1.82) is 0 Å². The van der Waals surface area contributed by atoms with E-state index in [0.717, 1.165) is 0 Å². The Balaban J connectivity index is 1.96. The van der Waals surface area contributed by atoms with Crippen LogP contribution >= 0.6 is 0 Å². The fourth-order valence-electron chi connectivity index (χ4n) is 2.43. The molecular formula is C18H22N2O6S. The number of nitrogens with one attached hydrogen (secondary N) is 2. The summed E-state index contributed by atoms with van der Waals surface area (Å²) in [6.07, 6.45) is 2.62. The number of carbonyl (C=O) groups excluding carboxylic acids is 1. The number of hydrogen-bond donors (Lipinski definition) is 3. The van der Waals surface area contributed by atoms with Gasteiger partial charge in [-0.3, -0.25) is 9.59 Å². The molecule has 2 aromatic rings. The number of carboxylic acid groups (broad SMARTS) is 1. The third kappa shape index (κ3) is 5.93. The van der Waals surface area contributed by atoms with Crippen molar-refractivity contribution in [1.82, 2.24) is 10.0 Å². The van der Waals surface area contributed by atoms with Crippen molar-refractivity contribution < 1.29 is 27.5 Å². The molecule has 9 heteroatoms. The van der Waals surface area contributed by atoms with Gasteiger partial charge in [-0.2, -0.15) is 0 Å². The normalized spacial score (nSPS) is 12.5. The SMILES string of the molecule is CCCC(CNC(=O)c1ccc(S(=O)(=O)NCc2ccco2)cc1)C(=O)O. The van der Waals surface area contributed by atoms with E-state index in [1.165, 1.54) is 30.5 Å². The van der Waals surface area contributed by atoms with Crippen molar-refractivity contribution in [2.75, 3.05) is 6.54 Å². The molecule has 0 aliphatic heterocycles. The number of carboxylic acids is 1. The van der Waals surface area contributed by atoms with Crippen LogP contribution in [0.3, 0.4) is 0 Å². The molecule has 0 radical (unpaired) electrons. The number of hydrogen-bond acceptors (Lipinski definition) is 5. The van der Waals surface area contributed by atoms with Crippen LogP contribution in [-0.4, -0.2) is 31.9 Å². The van der Waals surface area contributed by atoms with E-state index in [1.807, 2.05) is 6.92 Å². The molecular weight excluding hydrogens is 372 g/mol. The van der Waals surface area contributed by atoms with Crippen molar-refractivity contribution in [3.05, 3.63) is 54.0 Å². The summed E-state index contributed by atoms with van der Waals surface area (Å²) in [5.41, 5.74) is 0.251. The highest BCUT2D eigenvalue weighted by Crippen LogP contribution is 2.12. The van der Waals surface area contributed by atoms with E-state index in [4.69, 9.17) is 9.52 Å². The predicted octanol–water partition coefficient (Wildman–Crippen LogP) is 1.99. The first-order valence-electron chi connectivity index (χ1n) is 8.46. The Bertz CT molecular complexity index is 860. The molecule has 1 aromatic heterocycles. The maximum Gasteiger partial charge on any atom is 0.308 e. The van der Waals surface area contributed by atoms with E-state index < -0.39 is 27.8 Å². The highest BCUT2D eigenvalue weighted by atomic mass is 32.2. The van der Waals surface area contributed by atoms with E-state index in [-0.39, 0.29) is 23.5 Å². The standard InChI is InChI=1S/C18H22N2O6S/c1-2-4-14(18(22)23)11-19-17(21)13-6-8-16(9-7-13)27(24,25)20-12-15-5-3-10-26-15/h3,5-10,14,20H,2,4,11-12H2,1H3,(H,19,21)(H,22,23).